The third kappa shape index (κ3) is 5.04. The largest absolute Gasteiger partial charge is 0.381 e. The first-order valence-corrected chi connectivity index (χ1v) is 12.5. The van der Waals surface area contributed by atoms with Gasteiger partial charge in [-0.1, -0.05) is 12.8 Å². The van der Waals surface area contributed by atoms with Gasteiger partial charge in [-0.2, -0.15) is 5.10 Å². The van der Waals surface area contributed by atoms with Gasteiger partial charge < -0.3 is 10.1 Å². The monoisotopic (exact) mass is 465 g/mol. The van der Waals surface area contributed by atoms with Gasteiger partial charge in [-0.3, -0.25) is 19.3 Å². The summed E-state index contributed by atoms with van der Waals surface area (Å²) in [6.45, 7) is 1.35. The van der Waals surface area contributed by atoms with Crippen LogP contribution in [-0.4, -0.2) is 44.7 Å². The Morgan fingerprint density at radius 2 is 1.91 bits per heavy atom. The van der Waals surface area contributed by atoms with Gasteiger partial charge in [-0.15, -0.1) is 11.3 Å². The van der Waals surface area contributed by atoms with Crippen LogP contribution in [0.5, 0.6) is 0 Å². The number of anilines is 1. The molecule has 0 atom stereocenters. The second kappa shape index (κ2) is 9.93. The highest BCUT2D eigenvalue weighted by Crippen LogP contribution is 2.28. The van der Waals surface area contributed by atoms with Gasteiger partial charge in [0.05, 0.1) is 11.7 Å². The summed E-state index contributed by atoms with van der Waals surface area (Å²) >= 11 is 1.43. The Bertz CT molecular complexity index is 1150. The molecule has 0 radical (unpaired) electrons. The van der Waals surface area contributed by atoms with Crippen molar-refractivity contribution in [2.24, 2.45) is 0 Å². The second-order valence-corrected chi connectivity index (χ2v) is 9.44. The Kier molecular flexibility index (Phi) is 6.59. The number of hydrogen-bond acceptors (Lipinski definition) is 7. The lowest BCUT2D eigenvalue weighted by Gasteiger charge is -2.22. The number of Topliss-reactive ketones (excluding diaryl/α,β-unsaturated/α-hetero) is 1. The van der Waals surface area contributed by atoms with Crippen LogP contribution in [0.4, 0.5) is 5.69 Å². The molecule has 0 spiro atoms. The topological polar surface area (TPSA) is 99.0 Å². The van der Waals surface area contributed by atoms with Crippen molar-refractivity contribution in [3.05, 3.63) is 47.0 Å². The molecule has 172 valence electrons. The number of pyridine rings is 1. The number of hydrogen-bond donors (Lipinski definition) is 1. The van der Waals surface area contributed by atoms with Crippen molar-refractivity contribution in [2.45, 2.75) is 57.4 Å². The Hall–Kier alpha value is -2.91. The van der Waals surface area contributed by atoms with E-state index in [9.17, 15) is 9.59 Å². The van der Waals surface area contributed by atoms with Crippen LogP contribution < -0.4 is 5.32 Å². The van der Waals surface area contributed by atoms with E-state index in [0.717, 1.165) is 61.2 Å². The molecule has 0 unspecified atom stereocenters. The normalized spacial score (nSPS) is 18.4. The van der Waals surface area contributed by atoms with Gasteiger partial charge in [-0.25, -0.2) is 4.98 Å². The zero-order chi connectivity index (χ0) is 22.6. The van der Waals surface area contributed by atoms with Gasteiger partial charge in [0, 0.05) is 48.7 Å². The number of aryl methyl sites for hydroxylation is 1. The lowest BCUT2D eigenvalue weighted by molar-refractivity contribution is 0.0660. The number of ether oxygens (including phenoxy) is 1. The predicted molar refractivity (Wildman–Crippen MR) is 126 cm³/mol. The van der Waals surface area contributed by atoms with Crippen LogP contribution in [-0.2, 0) is 11.2 Å². The van der Waals surface area contributed by atoms with Crippen LogP contribution in [0, 0.1) is 0 Å². The zero-order valence-corrected chi connectivity index (χ0v) is 19.3. The fourth-order valence-electron chi connectivity index (χ4n) is 4.33. The number of carbonyl (C=O) groups excluding carboxylic acids is 2. The molecule has 33 heavy (non-hydrogen) atoms. The van der Waals surface area contributed by atoms with Crippen molar-refractivity contribution in [1.82, 2.24) is 19.7 Å². The van der Waals surface area contributed by atoms with Crippen molar-refractivity contribution in [1.29, 1.82) is 0 Å². The third-order valence-corrected chi connectivity index (χ3v) is 7.09. The molecule has 0 aliphatic carbocycles. The molecule has 1 saturated heterocycles. The summed E-state index contributed by atoms with van der Waals surface area (Å²) in [7, 11) is 0. The van der Waals surface area contributed by atoms with E-state index in [1.165, 1.54) is 11.3 Å². The molecule has 1 fully saturated rings. The minimum atomic E-state index is -0.336. The Morgan fingerprint density at radius 1 is 1.09 bits per heavy atom. The van der Waals surface area contributed by atoms with E-state index in [1.54, 1.807) is 17.8 Å². The van der Waals surface area contributed by atoms with Crippen LogP contribution in [0.25, 0.3) is 10.6 Å². The lowest BCUT2D eigenvalue weighted by Crippen LogP contribution is -2.20. The van der Waals surface area contributed by atoms with E-state index < -0.39 is 0 Å². The van der Waals surface area contributed by atoms with Crippen LogP contribution in [0.1, 0.15) is 77.7 Å². The first kappa shape index (κ1) is 21.9. The highest BCUT2D eigenvalue weighted by atomic mass is 32.1. The molecule has 3 aromatic rings. The number of fused-ring (bicyclic) bond motifs is 6. The maximum absolute atomic E-state index is 13.0. The van der Waals surface area contributed by atoms with E-state index >= 15 is 0 Å². The molecule has 1 N–H and O–H groups in total. The van der Waals surface area contributed by atoms with Gasteiger partial charge in [0.25, 0.3) is 5.91 Å². The third-order valence-electron chi connectivity index (χ3n) is 6.20. The maximum Gasteiger partial charge on any atom is 0.275 e. The van der Waals surface area contributed by atoms with Crippen LogP contribution in [0.15, 0.2) is 29.9 Å². The minimum absolute atomic E-state index is 0.0345. The van der Waals surface area contributed by atoms with Crippen molar-refractivity contribution in [3.63, 3.8) is 0 Å². The van der Waals surface area contributed by atoms with E-state index in [-0.39, 0.29) is 17.7 Å². The number of amides is 1. The molecule has 8 nitrogen and oxygen atoms in total. The number of thiazole rings is 1. The molecule has 5 rings (SSSR count). The molecule has 2 aliphatic heterocycles. The fourth-order valence-corrected chi connectivity index (χ4v) is 5.13. The number of nitrogens with one attached hydrogen (secondary N) is 1. The molecular weight excluding hydrogens is 438 g/mol. The number of rotatable bonds is 1. The molecule has 5 heterocycles. The Labute approximate surface area is 196 Å². The molecule has 4 bridgehead atoms. The molecule has 0 saturated carbocycles. The average Bonchev–Trinajstić information content (AvgIpc) is 3.49. The summed E-state index contributed by atoms with van der Waals surface area (Å²) in [5.41, 5.74) is 3.12. The quantitative estimate of drug-likeness (QED) is 0.560. The zero-order valence-electron chi connectivity index (χ0n) is 18.5. The van der Waals surface area contributed by atoms with Crippen molar-refractivity contribution in [3.8, 4) is 10.6 Å². The van der Waals surface area contributed by atoms with Crippen LogP contribution >= 0.6 is 11.3 Å². The molecule has 0 aromatic carbocycles. The number of aromatic nitrogens is 4. The van der Waals surface area contributed by atoms with Crippen molar-refractivity contribution in [2.75, 3.05) is 18.5 Å². The minimum Gasteiger partial charge on any atom is -0.381 e. The van der Waals surface area contributed by atoms with Gasteiger partial charge in [0.15, 0.2) is 11.5 Å². The smallest absolute Gasteiger partial charge is 0.275 e. The lowest BCUT2D eigenvalue weighted by atomic mass is 10.1. The van der Waals surface area contributed by atoms with E-state index in [0.29, 0.717) is 36.7 Å². The number of carbonyl (C=O) groups is 2. The van der Waals surface area contributed by atoms with Gasteiger partial charge >= 0.3 is 0 Å². The van der Waals surface area contributed by atoms with E-state index in [1.807, 2.05) is 10.7 Å². The van der Waals surface area contributed by atoms with Crippen molar-refractivity contribution < 1.29 is 14.3 Å². The van der Waals surface area contributed by atoms with Gasteiger partial charge in [-0.05, 0) is 44.2 Å². The molecule has 3 aromatic heterocycles. The van der Waals surface area contributed by atoms with Gasteiger partial charge in [0.1, 0.15) is 10.7 Å². The fraction of sp³-hybridized carbons (Fsp3) is 0.458. The SMILES string of the molecule is O=C1Nc2cn(C3CCOCC3)nc2C(=O)CCCCCCc2cc(ccn2)-c2nc1cs2. The maximum atomic E-state index is 13.0. The van der Waals surface area contributed by atoms with Crippen LogP contribution in [0.2, 0.25) is 0 Å². The molecule has 2 aliphatic rings. The first-order valence-electron chi connectivity index (χ1n) is 11.6. The predicted octanol–water partition coefficient (Wildman–Crippen LogP) is 4.69. The summed E-state index contributed by atoms with van der Waals surface area (Å²) in [5.74, 6) is -0.371. The van der Waals surface area contributed by atoms with E-state index in [4.69, 9.17) is 4.74 Å². The van der Waals surface area contributed by atoms with E-state index in [2.05, 4.69) is 26.4 Å². The Morgan fingerprint density at radius 3 is 2.76 bits per heavy atom. The highest BCUT2D eigenvalue weighted by molar-refractivity contribution is 7.13. The molecule has 9 heteroatoms. The summed E-state index contributed by atoms with van der Waals surface area (Å²) < 4.78 is 7.29. The summed E-state index contributed by atoms with van der Waals surface area (Å²) in [6.07, 6.45) is 10.4. The number of nitrogens with zero attached hydrogens (tertiary/aromatic N) is 4. The van der Waals surface area contributed by atoms with Crippen LogP contribution in [0.3, 0.4) is 0 Å². The summed E-state index contributed by atoms with van der Waals surface area (Å²) in [5, 5.41) is 10.0. The van der Waals surface area contributed by atoms with Gasteiger partial charge in [0.2, 0.25) is 0 Å². The standard InChI is InChI=1S/C24H27N5O3S/c30-21-6-4-2-1-3-5-17-13-16(7-10-25-17)24-27-20(15-33-24)23(31)26-19-14-29(28-22(19)21)18-8-11-32-12-9-18/h7,10,13-15,18H,1-6,8-9,11-12H2,(H,26,31). The number of ketones is 1. The molecular formula is C24H27N5O3S. The molecule has 1 amide bonds. The van der Waals surface area contributed by atoms with Crippen molar-refractivity contribution >= 4 is 28.7 Å². The summed E-state index contributed by atoms with van der Waals surface area (Å²) in [6, 6.07) is 4.14. The second-order valence-electron chi connectivity index (χ2n) is 8.58. The average molecular weight is 466 g/mol. The Balaban J connectivity index is 1.46. The first-order chi connectivity index (χ1) is 16.2. The summed E-state index contributed by atoms with van der Waals surface area (Å²) in [4.78, 5) is 35.1. The highest BCUT2D eigenvalue weighted by Gasteiger charge is 2.24.